The summed E-state index contributed by atoms with van der Waals surface area (Å²) in [6.07, 6.45) is 0.868. The Morgan fingerprint density at radius 3 is 2.45 bits per heavy atom. The number of para-hydroxylation sites is 1. The molecule has 0 fully saturated rings. The van der Waals surface area contributed by atoms with Gasteiger partial charge in [-0.3, -0.25) is 4.79 Å². The summed E-state index contributed by atoms with van der Waals surface area (Å²) in [6.45, 7) is 3.79. The summed E-state index contributed by atoms with van der Waals surface area (Å²) in [5, 5.41) is 1.02. The van der Waals surface area contributed by atoms with Crippen LogP contribution in [0.5, 0.6) is 5.75 Å². The number of rotatable bonds is 4. The van der Waals surface area contributed by atoms with Crippen molar-refractivity contribution in [1.82, 2.24) is 4.57 Å². The first-order valence-corrected chi connectivity index (χ1v) is 9.97. The zero-order chi connectivity index (χ0) is 20.5. The summed E-state index contributed by atoms with van der Waals surface area (Å²) in [7, 11) is 1.64. The molecule has 2 atom stereocenters. The van der Waals surface area contributed by atoms with E-state index in [1.165, 1.54) is 0 Å². The summed E-state index contributed by atoms with van der Waals surface area (Å²) >= 11 is 0. The monoisotopic (exact) mass is 391 g/mol. The minimum atomic E-state index is -0.361. The second-order valence-electron chi connectivity index (χ2n) is 7.48. The number of carbonyl (C=O) groups excluding carboxylic acids is 2. The van der Waals surface area contributed by atoms with Crippen molar-refractivity contribution in [3.05, 3.63) is 65.4 Å². The van der Waals surface area contributed by atoms with E-state index in [4.69, 9.17) is 9.47 Å². The molecule has 0 spiro atoms. The Balaban J connectivity index is 1.86. The van der Waals surface area contributed by atoms with Crippen LogP contribution in [0.15, 0.2) is 48.5 Å². The normalized spacial score (nSPS) is 18.3. The van der Waals surface area contributed by atoms with Gasteiger partial charge in [-0.25, -0.2) is 9.36 Å². The number of methoxy groups -OCH3 is 1. The predicted octanol–water partition coefficient (Wildman–Crippen LogP) is 4.74. The highest BCUT2D eigenvalue weighted by atomic mass is 16.5. The van der Waals surface area contributed by atoms with Gasteiger partial charge >= 0.3 is 6.09 Å². The second-order valence-corrected chi connectivity index (χ2v) is 7.48. The second kappa shape index (κ2) is 7.74. The van der Waals surface area contributed by atoms with Gasteiger partial charge in [0.25, 0.3) is 0 Å². The van der Waals surface area contributed by atoms with Crippen molar-refractivity contribution in [1.29, 1.82) is 0 Å². The van der Waals surface area contributed by atoms with Gasteiger partial charge in [-0.1, -0.05) is 30.3 Å². The Morgan fingerprint density at radius 2 is 1.79 bits per heavy atom. The first-order valence-electron chi connectivity index (χ1n) is 9.97. The van der Waals surface area contributed by atoms with Crippen molar-refractivity contribution in [2.24, 2.45) is 5.92 Å². The average Bonchev–Trinajstić information content (AvgIpc) is 3.06. The van der Waals surface area contributed by atoms with E-state index in [1.54, 1.807) is 18.6 Å². The summed E-state index contributed by atoms with van der Waals surface area (Å²) in [5.41, 5.74) is 3.95. The van der Waals surface area contributed by atoms with Crippen molar-refractivity contribution in [3.8, 4) is 5.75 Å². The lowest BCUT2D eigenvalue weighted by Crippen LogP contribution is -2.30. The molecule has 5 nitrogen and oxygen atoms in total. The Morgan fingerprint density at radius 1 is 1.07 bits per heavy atom. The topological polar surface area (TPSA) is 57.5 Å². The van der Waals surface area contributed by atoms with E-state index in [1.807, 2.05) is 55.5 Å². The number of carbonyl (C=O) groups is 2. The van der Waals surface area contributed by atoms with Gasteiger partial charge in [0.15, 0.2) is 0 Å². The molecule has 1 heterocycles. The summed E-state index contributed by atoms with van der Waals surface area (Å²) in [4.78, 5) is 25.4. The maximum atomic E-state index is 12.8. The third-order valence-electron chi connectivity index (χ3n) is 5.93. The molecule has 29 heavy (non-hydrogen) atoms. The average molecular weight is 391 g/mol. The Kier molecular flexibility index (Phi) is 5.14. The maximum Gasteiger partial charge on any atom is 0.418 e. The molecule has 3 aromatic rings. The van der Waals surface area contributed by atoms with E-state index in [0.29, 0.717) is 19.4 Å². The molecule has 150 valence electrons. The van der Waals surface area contributed by atoms with Gasteiger partial charge in [-0.2, -0.15) is 0 Å². The molecule has 4 rings (SSSR count). The number of ketones is 1. The van der Waals surface area contributed by atoms with Crippen molar-refractivity contribution < 1.29 is 19.1 Å². The summed E-state index contributed by atoms with van der Waals surface area (Å²) in [6, 6.07) is 15.7. The lowest BCUT2D eigenvalue weighted by molar-refractivity contribution is -0.121. The molecule has 1 aliphatic carbocycles. The van der Waals surface area contributed by atoms with Gasteiger partial charge in [0.1, 0.15) is 11.5 Å². The first kappa shape index (κ1) is 19.2. The van der Waals surface area contributed by atoms with Crippen LogP contribution in [0, 0.1) is 5.92 Å². The van der Waals surface area contributed by atoms with E-state index < -0.39 is 0 Å². The van der Waals surface area contributed by atoms with E-state index >= 15 is 0 Å². The minimum absolute atomic E-state index is 0.00314. The fourth-order valence-electron chi connectivity index (χ4n) is 4.54. The highest BCUT2D eigenvalue weighted by molar-refractivity contribution is 5.95. The van der Waals surface area contributed by atoms with Gasteiger partial charge < -0.3 is 9.47 Å². The molecule has 0 N–H and O–H groups in total. The minimum Gasteiger partial charge on any atom is -0.497 e. The van der Waals surface area contributed by atoms with Crippen molar-refractivity contribution in [3.63, 3.8) is 0 Å². The zero-order valence-corrected chi connectivity index (χ0v) is 17.0. The lowest BCUT2D eigenvalue weighted by atomic mass is 9.72. The largest absolute Gasteiger partial charge is 0.497 e. The molecule has 1 aromatic heterocycles. The van der Waals surface area contributed by atoms with Crippen LogP contribution in [0.2, 0.25) is 0 Å². The molecule has 1 aliphatic rings. The number of hydrogen-bond acceptors (Lipinski definition) is 4. The van der Waals surface area contributed by atoms with Crippen LogP contribution in [-0.4, -0.2) is 30.2 Å². The molecule has 2 aromatic carbocycles. The van der Waals surface area contributed by atoms with Crippen LogP contribution in [0.1, 0.15) is 36.6 Å². The molecular weight excluding hydrogens is 366 g/mol. The van der Waals surface area contributed by atoms with E-state index in [0.717, 1.165) is 33.5 Å². The predicted molar refractivity (Wildman–Crippen MR) is 112 cm³/mol. The van der Waals surface area contributed by atoms with Crippen LogP contribution in [-0.2, 0) is 22.4 Å². The molecular formula is C24H25NO4. The number of ether oxygens (including phenoxy) is 2. The third-order valence-corrected chi connectivity index (χ3v) is 5.93. The third kappa shape index (κ3) is 3.31. The lowest BCUT2D eigenvalue weighted by Gasteiger charge is -2.31. The van der Waals surface area contributed by atoms with Gasteiger partial charge in [-0.15, -0.1) is 0 Å². The Hall–Kier alpha value is -3.08. The number of fused-ring (bicyclic) bond motifs is 3. The highest BCUT2D eigenvalue weighted by Gasteiger charge is 2.37. The fourth-order valence-corrected chi connectivity index (χ4v) is 4.54. The van der Waals surface area contributed by atoms with Gasteiger partial charge in [0.05, 0.1) is 19.2 Å². The highest BCUT2D eigenvalue weighted by Crippen LogP contribution is 2.42. The Bertz CT molecular complexity index is 1060. The molecule has 0 aliphatic heterocycles. The molecule has 0 bridgehead atoms. The van der Waals surface area contributed by atoms with E-state index in [2.05, 4.69) is 0 Å². The number of aromatic nitrogens is 1. The number of nitrogens with zero attached hydrogens (tertiary/aromatic N) is 1. The number of hydrogen-bond donors (Lipinski definition) is 0. The van der Waals surface area contributed by atoms with E-state index in [9.17, 15) is 9.59 Å². The van der Waals surface area contributed by atoms with Gasteiger partial charge in [0, 0.05) is 17.0 Å². The first-order chi connectivity index (χ1) is 14.0. The van der Waals surface area contributed by atoms with Crippen LogP contribution in [0.3, 0.4) is 0 Å². The van der Waals surface area contributed by atoms with Crippen LogP contribution >= 0.6 is 0 Å². The standard InChI is InChI=1S/C24H25NO4/c1-4-29-24(27)25-22-8-6-5-7-18(22)21-13-19(15(2)26)20(14-23(21)25)16-9-11-17(28-3)12-10-16/h5-12,19-20H,4,13-14H2,1-3H3/t19-,20-/m1/s1. The van der Waals surface area contributed by atoms with Gasteiger partial charge in [-0.05, 0) is 61.9 Å². The fraction of sp³-hybridized carbons (Fsp3) is 0.333. The van der Waals surface area contributed by atoms with Crippen LogP contribution in [0.4, 0.5) is 4.79 Å². The van der Waals surface area contributed by atoms with Crippen LogP contribution < -0.4 is 4.74 Å². The van der Waals surface area contributed by atoms with Crippen molar-refractivity contribution in [2.45, 2.75) is 32.6 Å². The van der Waals surface area contributed by atoms with Crippen molar-refractivity contribution in [2.75, 3.05) is 13.7 Å². The molecule has 0 saturated carbocycles. The molecule has 0 saturated heterocycles. The maximum absolute atomic E-state index is 12.8. The SMILES string of the molecule is CCOC(=O)n1c2c(c3ccccc31)C[C@H](C(C)=O)[C@@H](c1ccc(OC)cc1)C2. The molecule has 0 radical (unpaired) electrons. The number of Topliss-reactive ketones (excluding diaryl/α,β-unsaturated/α-hetero) is 1. The quantitative estimate of drug-likeness (QED) is 0.644. The molecule has 0 amide bonds. The van der Waals surface area contributed by atoms with Crippen LogP contribution in [0.25, 0.3) is 10.9 Å². The summed E-state index contributed by atoms with van der Waals surface area (Å²) in [5.74, 6) is 0.829. The van der Waals surface area contributed by atoms with Crippen molar-refractivity contribution >= 4 is 22.8 Å². The molecule has 5 heteroatoms. The zero-order valence-electron chi connectivity index (χ0n) is 17.0. The Labute approximate surface area is 170 Å². The molecule has 0 unspecified atom stereocenters. The van der Waals surface area contributed by atoms with Gasteiger partial charge in [0.2, 0.25) is 0 Å². The van der Waals surface area contributed by atoms with E-state index in [-0.39, 0.29) is 23.7 Å². The smallest absolute Gasteiger partial charge is 0.418 e. The number of benzene rings is 2. The summed E-state index contributed by atoms with van der Waals surface area (Å²) < 4.78 is 12.3.